The Hall–Kier alpha value is -1.16. The van der Waals surface area contributed by atoms with E-state index in [4.69, 9.17) is 10.8 Å². The Kier molecular flexibility index (Phi) is 2.28. The van der Waals surface area contributed by atoms with Crippen LogP contribution >= 0.6 is 0 Å². The maximum absolute atomic E-state index is 12.9. The van der Waals surface area contributed by atoms with Crippen molar-refractivity contribution in [1.82, 2.24) is 0 Å². The molecule has 0 fully saturated rings. The Morgan fingerprint density at radius 1 is 1.42 bits per heavy atom. The molecule has 1 aromatic rings. The SMILES string of the molecule is CC(N)c1c(O)cc(F)cc1F. The van der Waals surface area contributed by atoms with Crippen molar-refractivity contribution in [2.75, 3.05) is 0 Å². The molecule has 66 valence electrons. The molecule has 4 heteroatoms. The molecule has 0 bridgehead atoms. The zero-order chi connectivity index (χ0) is 9.30. The van der Waals surface area contributed by atoms with Crippen molar-refractivity contribution in [3.8, 4) is 5.75 Å². The first-order valence-electron chi connectivity index (χ1n) is 3.46. The fourth-order valence-electron chi connectivity index (χ4n) is 1.02. The largest absolute Gasteiger partial charge is 0.507 e. The van der Waals surface area contributed by atoms with Crippen LogP contribution in [0.2, 0.25) is 0 Å². The summed E-state index contributed by atoms with van der Waals surface area (Å²) >= 11 is 0. The van der Waals surface area contributed by atoms with Gasteiger partial charge in [0, 0.05) is 23.7 Å². The Labute approximate surface area is 68.6 Å². The summed E-state index contributed by atoms with van der Waals surface area (Å²) in [4.78, 5) is 0. The molecule has 1 unspecified atom stereocenters. The van der Waals surface area contributed by atoms with Gasteiger partial charge in [-0.15, -0.1) is 0 Å². The first kappa shape index (κ1) is 8.93. The molecule has 0 aliphatic rings. The lowest BCUT2D eigenvalue weighted by atomic mass is 10.1. The van der Waals surface area contributed by atoms with Crippen LogP contribution < -0.4 is 5.73 Å². The minimum Gasteiger partial charge on any atom is -0.507 e. The third kappa shape index (κ3) is 1.53. The Morgan fingerprint density at radius 3 is 2.42 bits per heavy atom. The van der Waals surface area contributed by atoms with E-state index in [0.717, 1.165) is 6.07 Å². The third-order valence-corrected chi connectivity index (χ3v) is 1.53. The van der Waals surface area contributed by atoms with Crippen LogP contribution in [0, 0.1) is 11.6 Å². The number of nitrogens with two attached hydrogens (primary N) is 1. The number of phenols is 1. The maximum Gasteiger partial charge on any atom is 0.134 e. The van der Waals surface area contributed by atoms with E-state index in [0.29, 0.717) is 6.07 Å². The second kappa shape index (κ2) is 3.06. The molecule has 3 N–H and O–H groups in total. The zero-order valence-electron chi connectivity index (χ0n) is 6.51. The van der Waals surface area contributed by atoms with Crippen LogP contribution in [-0.2, 0) is 0 Å². The molecule has 1 rings (SSSR count). The number of halogens is 2. The van der Waals surface area contributed by atoms with Crippen molar-refractivity contribution in [2.24, 2.45) is 5.73 Å². The Morgan fingerprint density at radius 2 is 2.00 bits per heavy atom. The molecular weight excluding hydrogens is 164 g/mol. The van der Waals surface area contributed by atoms with Crippen LogP contribution in [-0.4, -0.2) is 5.11 Å². The molecule has 0 aliphatic heterocycles. The molecule has 1 aromatic carbocycles. The molecule has 0 amide bonds. The fraction of sp³-hybridized carbons (Fsp3) is 0.250. The van der Waals surface area contributed by atoms with Gasteiger partial charge in [-0.05, 0) is 6.92 Å². The first-order valence-corrected chi connectivity index (χ1v) is 3.46. The summed E-state index contributed by atoms with van der Waals surface area (Å²) in [7, 11) is 0. The quantitative estimate of drug-likeness (QED) is 0.678. The van der Waals surface area contributed by atoms with E-state index in [1.807, 2.05) is 0 Å². The zero-order valence-corrected chi connectivity index (χ0v) is 6.51. The van der Waals surface area contributed by atoms with Crippen LogP contribution in [0.1, 0.15) is 18.5 Å². The number of aromatic hydroxyl groups is 1. The van der Waals surface area contributed by atoms with E-state index in [1.54, 1.807) is 0 Å². The van der Waals surface area contributed by atoms with Crippen molar-refractivity contribution in [3.63, 3.8) is 0 Å². The molecule has 0 radical (unpaired) electrons. The lowest BCUT2D eigenvalue weighted by Gasteiger charge is -2.08. The minimum absolute atomic E-state index is 0.0589. The highest BCUT2D eigenvalue weighted by Gasteiger charge is 2.13. The van der Waals surface area contributed by atoms with Gasteiger partial charge in [-0.2, -0.15) is 0 Å². The molecular formula is C8H9F2NO. The summed E-state index contributed by atoms with van der Waals surface area (Å²) in [6, 6.07) is 0.880. The summed E-state index contributed by atoms with van der Waals surface area (Å²) < 4.78 is 25.3. The standard InChI is InChI=1S/C8H9F2NO/c1-4(11)8-6(10)2-5(9)3-7(8)12/h2-4,12H,11H2,1H3. The molecule has 2 nitrogen and oxygen atoms in total. The highest BCUT2D eigenvalue weighted by molar-refractivity contribution is 5.36. The number of rotatable bonds is 1. The summed E-state index contributed by atoms with van der Waals surface area (Å²) in [6.07, 6.45) is 0. The van der Waals surface area contributed by atoms with Crippen molar-refractivity contribution < 1.29 is 13.9 Å². The van der Waals surface area contributed by atoms with Gasteiger partial charge < -0.3 is 10.8 Å². The van der Waals surface area contributed by atoms with Crippen molar-refractivity contribution in [1.29, 1.82) is 0 Å². The van der Waals surface area contributed by atoms with Gasteiger partial charge in [-0.25, -0.2) is 8.78 Å². The smallest absolute Gasteiger partial charge is 0.134 e. The van der Waals surface area contributed by atoms with Gasteiger partial charge in [0.1, 0.15) is 17.4 Å². The molecule has 0 saturated carbocycles. The number of benzene rings is 1. The van der Waals surface area contributed by atoms with Crippen molar-refractivity contribution in [3.05, 3.63) is 29.3 Å². The molecule has 1 atom stereocenters. The van der Waals surface area contributed by atoms with Crippen LogP contribution in [0.3, 0.4) is 0 Å². The second-order valence-corrected chi connectivity index (χ2v) is 2.61. The van der Waals surface area contributed by atoms with Crippen LogP contribution in [0.25, 0.3) is 0 Å². The first-order chi connectivity index (χ1) is 5.52. The van der Waals surface area contributed by atoms with Gasteiger partial charge in [0.2, 0.25) is 0 Å². The summed E-state index contributed by atoms with van der Waals surface area (Å²) in [6.45, 7) is 1.51. The topological polar surface area (TPSA) is 46.2 Å². The van der Waals surface area contributed by atoms with E-state index in [-0.39, 0.29) is 5.56 Å². The monoisotopic (exact) mass is 173 g/mol. The molecule has 0 aromatic heterocycles. The van der Waals surface area contributed by atoms with Gasteiger partial charge in [-0.1, -0.05) is 0 Å². The molecule has 0 aliphatic carbocycles. The van der Waals surface area contributed by atoms with Crippen LogP contribution in [0.4, 0.5) is 8.78 Å². The highest BCUT2D eigenvalue weighted by Crippen LogP contribution is 2.26. The van der Waals surface area contributed by atoms with Crippen molar-refractivity contribution in [2.45, 2.75) is 13.0 Å². The van der Waals surface area contributed by atoms with E-state index in [1.165, 1.54) is 6.92 Å². The third-order valence-electron chi connectivity index (χ3n) is 1.53. The summed E-state index contributed by atoms with van der Waals surface area (Å²) in [5.41, 5.74) is 5.28. The minimum atomic E-state index is -0.817. The molecule has 12 heavy (non-hydrogen) atoms. The van der Waals surface area contributed by atoms with Gasteiger partial charge in [0.25, 0.3) is 0 Å². The lowest BCUT2D eigenvalue weighted by Crippen LogP contribution is -2.08. The van der Waals surface area contributed by atoms with E-state index < -0.39 is 23.4 Å². The Balaban J connectivity index is 3.28. The summed E-state index contributed by atoms with van der Waals surface area (Å²) in [5.74, 6) is -2.07. The van der Waals surface area contributed by atoms with Gasteiger partial charge in [0.15, 0.2) is 0 Å². The van der Waals surface area contributed by atoms with Gasteiger partial charge in [-0.3, -0.25) is 0 Å². The lowest BCUT2D eigenvalue weighted by molar-refractivity contribution is 0.443. The van der Waals surface area contributed by atoms with E-state index >= 15 is 0 Å². The number of phenolic OH excluding ortho intramolecular Hbond substituents is 1. The predicted octanol–water partition coefficient (Wildman–Crippen LogP) is 1.69. The molecule has 0 spiro atoms. The second-order valence-electron chi connectivity index (χ2n) is 2.61. The van der Waals surface area contributed by atoms with Crippen LogP contribution in [0.15, 0.2) is 12.1 Å². The van der Waals surface area contributed by atoms with Gasteiger partial charge in [0.05, 0.1) is 0 Å². The molecule has 0 saturated heterocycles. The van der Waals surface area contributed by atoms with Gasteiger partial charge >= 0.3 is 0 Å². The Bertz CT molecular complexity index is 276. The van der Waals surface area contributed by atoms with Crippen LogP contribution in [0.5, 0.6) is 5.75 Å². The number of hydrogen-bond donors (Lipinski definition) is 2. The fourth-order valence-corrected chi connectivity index (χ4v) is 1.02. The average Bonchev–Trinajstić information content (AvgIpc) is 1.82. The predicted molar refractivity (Wildman–Crippen MR) is 40.6 cm³/mol. The average molecular weight is 173 g/mol. The maximum atomic E-state index is 12.9. The normalized spacial score (nSPS) is 13.0. The highest BCUT2D eigenvalue weighted by atomic mass is 19.1. The van der Waals surface area contributed by atoms with E-state index in [2.05, 4.69) is 0 Å². The number of hydrogen-bond acceptors (Lipinski definition) is 2. The molecule has 0 heterocycles. The summed E-state index contributed by atoms with van der Waals surface area (Å²) in [5, 5.41) is 9.08. The van der Waals surface area contributed by atoms with Crippen molar-refractivity contribution >= 4 is 0 Å². The van der Waals surface area contributed by atoms with E-state index in [9.17, 15) is 8.78 Å².